The zero-order valence-electron chi connectivity index (χ0n) is 11.0. The van der Waals surface area contributed by atoms with Crippen LogP contribution in [-0.4, -0.2) is 34.8 Å². The number of nitrogens with one attached hydrogen (secondary N) is 1. The van der Waals surface area contributed by atoms with Gasteiger partial charge < -0.3 is 5.11 Å². The molecule has 1 aliphatic rings. The van der Waals surface area contributed by atoms with Crippen LogP contribution in [0.25, 0.3) is 0 Å². The summed E-state index contributed by atoms with van der Waals surface area (Å²) < 4.78 is 12.9. The largest absolute Gasteiger partial charge is 0.391 e. The van der Waals surface area contributed by atoms with Crippen molar-refractivity contribution in [2.45, 2.75) is 26.0 Å². The lowest BCUT2D eigenvalue weighted by Crippen LogP contribution is -2.58. The molecule has 1 aromatic rings. The van der Waals surface area contributed by atoms with Crippen molar-refractivity contribution in [2.24, 2.45) is 4.99 Å². The van der Waals surface area contributed by atoms with E-state index in [0.29, 0.717) is 5.69 Å². The molecule has 1 amide bonds. The van der Waals surface area contributed by atoms with Gasteiger partial charge in [0.2, 0.25) is 0 Å². The fraction of sp³-hybridized carbons (Fsp3) is 0.308. The highest BCUT2D eigenvalue weighted by molar-refractivity contribution is 6.39. The normalized spacial score (nSPS) is 20.2. The smallest absolute Gasteiger partial charge is 0.273 e. The van der Waals surface area contributed by atoms with Crippen molar-refractivity contribution in [1.82, 2.24) is 5.43 Å². The van der Waals surface area contributed by atoms with Crippen LogP contribution in [0, 0.1) is 5.82 Å². The molecule has 1 aliphatic heterocycles. The minimum absolute atomic E-state index is 0.0279. The minimum atomic E-state index is -1.07. The first-order valence-electron chi connectivity index (χ1n) is 6.03. The van der Waals surface area contributed by atoms with E-state index in [0.717, 1.165) is 5.01 Å². The third-order valence-electron chi connectivity index (χ3n) is 2.83. The van der Waals surface area contributed by atoms with E-state index in [2.05, 4.69) is 10.4 Å². The first-order valence-corrected chi connectivity index (χ1v) is 6.03. The Labute approximate surface area is 114 Å². The van der Waals surface area contributed by atoms with Gasteiger partial charge in [-0.25, -0.2) is 14.4 Å². The van der Waals surface area contributed by atoms with E-state index in [-0.39, 0.29) is 11.6 Å². The van der Waals surface area contributed by atoms with E-state index in [4.69, 9.17) is 0 Å². The molecule has 0 bridgehead atoms. The number of hydrogen-bond donors (Lipinski definition) is 2. The molecular formula is C13H14FN3O3. The maximum absolute atomic E-state index is 12.9. The van der Waals surface area contributed by atoms with Gasteiger partial charge in [0.15, 0.2) is 17.7 Å². The van der Waals surface area contributed by atoms with E-state index >= 15 is 0 Å². The van der Waals surface area contributed by atoms with Gasteiger partial charge in [0, 0.05) is 6.92 Å². The lowest BCUT2D eigenvalue weighted by atomic mass is 10.1. The third-order valence-corrected chi connectivity index (χ3v) is 2.83. The molecule has 7 heteroatoms. The quantitative estimate of drug-likeness (QED) is 0.840. The number of aliphatic imine (C=N–C) groups is 1. The van der Waals surface area contributed by atoms with Gasteiger partial charge in [0.05, 0.1) is 11.8 Å². The van der Waals surface area contributed by atoms with Gasteiger partial charge in [-0.3, -0.25) is 15.0 Å². The van der Waals surface area contributed by atoms with Gasteiger partial charge in [0.1, 0.15) is 5.82 Å². The minimum Gasteiger partial charge on any atom is -0.391 e. The summed E-state index contributed by atoms with van der Waals surface area (Å²) in [5, 5.41) is 10.7. The van der Waals surface area contributed by atoms with Gasteiger partial charge >= 0.3 is 0 Å². The third kappa shape index (κ3) is 2.67. The van der Waals surface area contributed by atoms with Crippen molar-refractivity contribution < 1.29 is 19.1 Å². The molecule has 0 aromatic heterocycles. The van der Waals surface area contributed by atoms with Crippen LogP contribution in [0.5, 0.6) is 0 Å². The predicted molar refractivity (Wildman–Crippen MR) is 70.6 cm³/mol. The fourth-order valence-electron chi connectivity index (χ4n) is 1.78. The number of ketones is 1. The summed E-state index contributed by atoms with van der Waals surface area (Å²) in [6, 6.07) is 4.10. The Balaban J connectivity index is 2.39. The van der Waals surface area contributed by atoms with Crippen LogP contribution >= 0.6 is 0 Å². The number of aliphatic hydroxyl groups excluding tert-OH is 1. The van der Waals surface area contributed by atoms with Crippen LogP contribution in [0.3, 0.4) is 0 Å². The van der Waals surface area contributed by atoms with Gasteiger partial charge in [-0.1, -0.05) is 0 Å². The number of carbonyl (C=O) groups excluding carboxylic acids is 2. The summed E-state index contributed by atoms with van der Waals surface area (Å²) in [6.07, 6.45) is -1.04. The first-order chi connectivity index (χ1) is 9.40. The highest BCUT2D eigenvalue weighted by Crippen LogP contribution is 2.18. The van der Waals surface area contributed by atoms with Crippen molar-refractivity contribution in [3.05, 3.63) is 30.1 Å². The number of Topliss-reactive ketones (excluding diaryl/α,β-unsaturated/α-hetero) is 1. The van der Waals surface area contributed by atoms with Gasteiger partial charge in [0.25, 0.3) is 5.91 Å². The molecule has 2 rings (SSSR count). The highest BCUT2D eigenvalue weighted by Gasteiger charge is 2.35. The molecule has 0 fully saturated rings. The molecule has 0 spiro atoms. The summed E-state index contributed by atoms with van der Waals surface area (Å²) in [5.41, 5.74) is 2.93. The molecule has 2 unspecified atom stereocenters. The van der Waals surface area contributed by atoms with Crippen molar-refractivity contribution in [3.63, 3.8) is 0 Å². The molecule has 106 valence electrons. The number of nitrogens with zero attached hydrogens (tertiary/aromatic N) is 2. The standard InChI is InChI=1S/C13H14FN3O3/c1-7(18)11-13(20)17(16-12(15-11)8(2)19)10-5-3-9(14)4-6-10/h3-7,11,18H,1-2H3,(H,15,16). The second-order valence-corrected chi connectivity index (χ2v) is 4.48. The second kappa shape index (κ2) is 5.38. The molecule has 6 nitrogen and oxygen atoms in total. The Morgan fingerprint density at radius 1 is 1.45 bits per heavy atom. The monoisotopic (exact) mass is 279 g/mol. The molecule has 0 saturated carbocycles. The zero-order chi connectivity index (χ0) is 14.9. The topological polar surface area (TPSA) is 82.0 Å². The lowest BCUT2D eigenvalue weighted by molar-refractivity contribution is -0.122. The number of amidine groups is 1. The predicted octanol–water partition coefficient (Wildman–Crippen LogP) is 0.414. The van der Waals surface area contributed by atoms with E-state index < -0.39 is 23.9 Å². The Hall–Kier alpha value is -2.28. The Kier molecular flexibility index (Phi) is 3.80. The van der Waals surface area contributed by atoms with Gasteiger partial charge in [-0.05, 0) is 31.2 Å². The molecule has 2 N–H and O–H groups in total. The Morgan fingerprint density at radius 2 is 2.05 bits per heavy atom. The summed E-state index contributed by atoms with van der Waals surface area (Å²) in [4.78, 5) is 27.5. The van der Waals surface area contributed by atoms with Crippen LogP contribution in [0.1, 0.15) is 13.8 Å². The van der Waals surface area contributed by atoms with Gasteiger partial charge in [-0.15, -0.1) is 0 Å². The number of halogens is 1. The highest BCUT2D eigenvalue weighted by atomic mass is 19.1. The maximum Gasteiger partial charge on any atom is 0.273 e. The lowest BCUT2D eigenvalue weighted by Gasteiger charge is -2.32. The SMILES string of the molecule is CC(=O)C1=NC(C(C)O)C(=O)N(c2ccc(F)cc2)N1. The number of anilines is 1. The molecular weight excluding hydrogens is 265 g/mol. The average molecular weight is 279 g/mol. The number of aliphatic hydroxyl groups is 1. The molecule has 0 aliphatic carbocycles. The van der Waals surface area contributed by atoms with Crippen molar-refractivity contribution in [3.8, 4) is 0 Å². The van der Waals surface area contributed by atoms with Crippen LogP contribution in [0.15, 0.2) is 29.3 Å². The van der Waals surface area contributed by atoms with Crippen LogP contribution < -0.4 is 10.4 Å². The summed E-state index contributed by atoms with van der Waals surface area (Å²) in [5.74, 6) is -1.35. The first kappa shape index (κ1) is 14.1. The summed E-state index contributed by atoms with van der Waals surface area (Å²) in [7, 11) is 0. The fourth-order valence-corrected chi connectivity index (χ4v) is 1.78. The molecule has 1 heterocycles. The number of hydrogen-bond acceptors (Lipinski definition) is 5. The van der Waals surface area contributed by atoms with Gasteiger partial charge in [-0.2, -0.15) is 0 Å². The van der Waals surface area contributed by atoms with Crippen LogP contribution in [0.4, 0.5) is 10.1 Å². The number of carbonyl (C=O) groups is 2. The Morgan fingerprint density at radius 3 is 2.55 bits per heavy atom. The van der Waals surface area contributed by atoms with Crippen molar-refractivity contribution in [2.75, 3.05) is 5.01 Å². The van der Waals surface area contributed by atoms with Crippen molar-refractivity contribution in [1.29, 1.82) is 0 Å². The molecule has 20 heavy (non-hydrogen) atoms. The summed E-state index contributed by atoms with van der Waals surface area (Å²) in [6.45, 7) is 2.71. The van der Waals surface area contributed by atoms with E-state index in [9.17, 15) is 19.1 Å². The van der Waals surface area contributed by atoms with Crippen LogP contribution in [-0.2, 0) is 9.59 Å². The number of rotatable bonds is 3. The van der Waals surface area contributed by atoms with Crippen molar-refractivity contribution >= 4 is 23.2 Å². The van der Waals surface area contributed by atoms with E-state index in [1.165, 1.54) is 38.1 Å². The van der Waals surface area contributed by atoms with E-state index in [1.807, 2.05) is 0 Å². The number of amides is 1. The zero-order valence-corrected chi connectivity index (χ0v) is 11.0. The summed E-state index contributed by atoms with van der Waals surface area (Å²) >= 11 is 0. The molecule has 0 radical (unpaired) electrons. The second-order valence-electron chi connectivity index (χ2n) is 4.48. The van der Waals surface area contributed by atoms with E-state index in [1.54, 1.807) is 0 Å². The Bertz CT molecular complexity index is 569. The number of hydrazine groups is 1. The molecule has 2 atom stereocenters. The maximum atomic E-state index is 12.9. The molecule has 1 aromatic carbocycles. The average Bonchev–Trinajstić information content (AvgIpc) is 2.39. The molecule has 0 saturated heterocycles. The van der Waals surface area contributed by atoms with Crippen LogP contribution in [0.2, 0.25) is 0 Å². The number of benzene rings is 1.